The summed E-state index contributed by atoms with van der Waals surface area (Å²) >= 11 is 7.64. The van der Waals surface area contributed by atoms with Crippen LogP contribution in [0.1, 0.15) is 51.5 Å². The Balaban J connectivity index is 2.29. The molecule has 3 rings (SSSR count). The summed E-state index contributed by atoms with van der Waals surface area (Å²) in [5, 5.41) is 0.581. The number of aromatic nitrogens is 1. The molecule has 0 aliphatic heterocycles. The third-order valence-corrected chi connectivity index (χ3v) is 5.24. The molecule has 2 aromatic rings. The molecule has 23 heavy (non-hydrogen) atoms. The molecule has 120 valence electrons. The van der Waals surface area contributed by atoms with E-state index in [4.69, 9.17) is 22.1 Å². The lowest BCUT2D eigenvalue weighted by molar-refractivity contribution is 0.0996. The largest absolute Gasteiger partial charge is 0.495 e. The van der Waals surface area contributed by atoms with Crippen molar-refractivity contribution in [1.29, 1.82) is 0 Å². The number of thiazole rings is 1. The fourth-order valence-electron chi connectivity index (χ4n) is 2.48. The average Bonchev–Trinajstić information content (AvgIpc) is 3.25. The van der Waals surface area contributed by atoms with Gasteiger partial charge < -0.3 is 10.5 Å². The zero-order chi connectivity index (χ0) is 16.7. The molecule has 0 atom stereocenters. The third kappa shape index (κ3) is 2.84. The van der Waals surface area contributed by atoms with Crippen molar-refractivity contribution in [3.05, 3.63) is 33.4 Å². The standard InChI is InChI=1S/C16H15ClN2O3S/c1-7(20)9-5-6-10(22-2)12(17)11(9)14-13(8-3-4-8)19-16(23-14)15(18)21/h5-6,8H,3-4H2,1-2H3,(H2,18,21). The molecular formula is C16H15ClN2O3S. The Morgan fingerprint density at radius 1 is 1.39 bits per heavy atom. The SMILES string of the molecule is COc1ccc(C(C)=O)c(-c2sc(C(N)=O)nc2C2CC2)c1Cl. The van der Waals surface area contributed by atoms with Crippen LogP contribution in [0.5, 0.6) is 5.75 Å². The van der Waals surface area contributed by atoms with E-state index in [1.54, 1.807) is 12.1 Å². The topological polar surface area (TPSA) is 82.3 Å². The highest BCUT2D eigenvalue weighted by Crippen LogP contribution is 2.49. The highest BCUT2D eigenvalue weighted by molar-refractivity contribution is 7.17. The van der Waals surface area contributed by atoms with Crippen LogP contribution in [0.2, 0.25) is 5.02 Å². The summed E-state index contributed by atoms with van der Waals surface area (Å²) in [5.74, 6) is 0.0748. The number of Topliss-reactive ketones (excluding diaryl/α,β-unsaturated/α-hetero) is 1. The Morgan fingerprint density at radius 3 is 2.61 bits per heavy atom. The number of primary amides is 1. The molecule has 1 aromatic heterocycles. The first-order chi connectivity index (χ1) is 10.9. The number of ketones is 1. The zero-order valence-corrected chi connectivity index (χ0v) is 14.3. The fourth-order valence-corrected chi connectivity index (χ4v) is 3.94. The number of hydrogen-bond acceptors (Lipinski definition) is 5. The first kappa shape index (κ1) is 16.0. The molecule has 1 aliphatic carbocycles. The Kier molecular flexibility index (Phi) is 4.12. The van der Waals surface area contributed by atoms with E-state index in [-0.39, 0.29) is 16.7 Å². The van der Waals surface area contributed by atoms with Crippen molar-refractivity contribution in [3.63, 3.8) is 0 Å². The van der Waals surface area contributed by atoms with Crippen LogP contribution in [0.25, 0.3) is 10.4 Å². The summed E-state index contributed by atoms with van der Waals surface area (Å²) < 4.78 is 5.26. The van der Waals surface area contributed by atoms with E-state index in [0.717, 1.165) is 23.4 Å². The second-order valence-corrected chi connectivity index (χ2v) is 6.81. The first-order valence-corrected chi connectivity index (χ1v) is 8.31. The molecule has 1 aromatic carbocycles. The summed E-state index contributed by atoms with van der Waals surface area (Å²) in [6.45, 7) is 1.48. The number of hydrogen-bond donors (Lipinski definition) is 1. The van der Waals surface area contributed by atoms with Gasteiger partial charge in [0.15, 0.2) is 10.8 Å². The number of rotatable bonds is 5. The van der Waals surface area contributed by atoms with Crippen molar-refractivity contribution in [3.8, 4) is 16.2 Å². The predicted octanol–water partition coefficient (Wildman–Crippen LogP) is 3.65. The van der Waals surface area contributed by atoms with Crippen molar-refractivity contribution in [2.45, 2.75) is 25.7 Å². The lowest BCUT2D eigenvalue weighted by atomic mass is 10.0. The van der Waals surface area contributed by atoms with E-state index in [1.807, 2.05) is 0 Å². The van der Waals surface area contributed by atoms with Gasteiger partial charge in [0.25, 0.3) is 5.91 Å². The summed E-state index contributed by atoms with van der Waals surface area (Å²) in [5.41, 5.74) is 7.22. The molecule has 5 nitrogen and oxygen atoms in total. The molecule has 7 heteroatoms. The Morgan fingerprint density at radius 2 is 2.09 bits per heavy atom. The number of ether oxygens (including phenoxy) is 1. The molecule has 0 radical (unpaired) electrons. The molecule has 0 spiro atoms. The highest BCUT2D eigenvalue weighted by Gasteiger charge is 2.33. The number of methoxy groups -OCH3 is 1. The second kappa shape index (κ2) is 5.94. The molecule has 0 bridgehead atoms. The number of nitrogens with zero attached hydrogens (tertiary/aromatic N) is 1. The second-order valence-electron chi connectivity index (χ2n) is 5.43. The van der Waals surface area contributed by atoms with Gasteiger partial charge in [-0.25, -0.2) is 4.98 Å². The molecule has 0 saturated heterocycles. The quantitative estimate of drug-likeness (QED) is 0.834. The summed E-state index contributed by atoms with van der Waals surface area (Å²) in [7, 11) is 1.52. The van der Waals surface area contributed by atoms with Gasteiger partial charge in [-0.1, -0.05) is 11.6 Å². The molecular weight excluding hydrogens is 336 g/mol. The molecule has 0 unspecified atom stereocenters. The number of amides is 1. The molecule has 1 saturated carbocycles. The van der Waals surface area contributed by atoms with Crippen molar-refractivity contribution in [2.75, 3.05) is 7.11 Å². The van der Waals surface area contributed by atoms with Gasteiger partial charge in [0.05, 0.1) is 22.7 Å². The number of benzene rings is 1. The molecule has 1 amide bonds. The Hall–Kier alpha value is -1.92. The maximum atomic E-state index is 12.0. The Labute approximate surface area is 142 Å². The molecule has 1 fully saturated rings. The lowest BCUT2D eigenvalue weighted by Gasteiger charge is -2.12. The predicted molar refractivity (Wildman–Crippen MR) is 89.6 cm³/mol. The van der Waals surface area contributed by atoms with Gasteiger partial charge in [-0.2, -0.15) is 0 Å². The van der Waals surface area contributed by atoms with Crippen molar-refractivity contribution in [1.82, 2.24) is 4.98 Å². The van der Waals surface area contributed by atoms with Crippen LogP contribution < -0.4 is 10.5 Å². The van der Waals surface area contributed by atoms with Crippen LogP contribution in [0.4, 0.5) is 0 Å². The van der Waals surface area contributed by atoms with E-state index in [1.165, 1.54) is 25.4 Å². The molecule has 1 aliphatic rings. The van der Waals surface area contributed by atoms with E-state index in [9.17, 15) is 9.59 Å². The van der Waals surface area contributed by atoms with Crippen LogP contribution in [-0.4, -0.2) is 23.8 Å². The van der Waals surface area contributed by atoms with Crippen molar-refractivity contribution < 1.29 is 14.3 Å². The van der Waals surface area contributed by atoms with Crippen molar-refractivity contribution in [2.24, 2.45) is 5.73 Å². The molecule has 1 heterocycles. The molecule has 2 N–H and O–H groups in total. The fraction of sp³-hybridized carbons (Fsp3) is 0.312. The number of carbonyl (C=O) groups is 2. The maximum Gasteiger partial charge on any atom is 0.277 e. The van der Waals surface area contributed by atoms with Gasteiger partial charge in [0.2, 0.25) is 0 Å². The van der Waals surface area contributed by atoms with Crippen molar-refractivity contribution >= 4 is 34.6 Å². The average molecular weight is 351 g/mol. The minimum absolute atomic E-state index is 0.111. The number of nitrogens with two attached hydrogens (primary N) is 1. The monoisotopic (exact) mass is 350 g/mol. The van der Waals surface area contributed by atoms with E-state index in [2.05, 4.69) is 4.98 Å². The normalized spacial score (nSPS) is 13.9. The number of halogens is 1. The highest BCUT2D eigenvalue weighted by atomic mass is 35.5. The summed E-state index contributed by atoms with van der Waals surface area (Å²) in [6.07, 6.45) is 2.01. The van der Waals surface area contributed by atoms with Gasteiger partial charge in [-0.15, -0.1) is 11.3 Å². The minimum atomic E-state index is -0.577. The van der Waals surface area contributed by atoms with Gasteiger partial charge in [-0.05, 0) is 31.9 Å². The van der Waals surface area contributed by atoms with Gasteiger partial charge >= 0.3 is 0 Å². The Bertz CT molecular complexity index is 812. The van der Waals surface area contributed by atoms with Crippen LogP contribution in [-0.2, 0) is 0 Å². The van der Waals surface area contributed by atoms with Gasteiger partial charge in [-0.3, -0.25) is 9.59 Å². The zero-order valence-electron chi connectivity index (χ0n) is 12.7. The maximum absolute atomic E-state index is 12.0. The third-order valence-electron chi connectivity index (χ3n) is 3.76. The van der Waals surface area contributed by atoms with Crippen LogP contribution in [0, 0.1) is 0 Å². The number of carbonyl (C=O) groups excluding carboxylic acids is 2. The van der Waals surface area contributed by atoms with E-state index in [0.29, 0.717) is 21.9 Å². The minimum Gasteiger partial charge on any atom is -0.495 e. The van der Waals surface area contributed by atoms with Crippen LogP contribution in [0.3, 0.4) is 0 Å². The van der Waals surface area contributed by atoms with Crippen LogP contribution in [0.15, 0.2) is 12.1 Å². The van der Waals surface area contributed by atoms with Gasteiger partial charge in [0, 0.05) is 17.0 Å². The van der Waals surface area contributed by atoms with E-state index < -0.39 is 5.91 Å². The summed E-state index contributed by atoms with van der Waals surface area (Å²) in [4.78, 5) is 28.6. The smallest absolute Gasteiger partial charge is 0.277 e. The lowest BCUT2D eigenvalue weighted by Crippen LogP contribution is -2.10. The first-order valence-electron chi connectivity index (χ1n) is 7.12. The van der Waals surface area contributed by atoms with Gasteiger partial charge in [0.1, 0.15) is 5.75 Å². The van der Waals surface area contributed by atoms with Crippen LogP contribution >= 0.6 is 22.9 Å². The van der Waals surface area contributed by atoms with E-state index >= 15 is 0 Å². The summed E-state index contributed by atoms with van der Waals surface area (Å²) in [6, 6.07) is 3.35.